The summed E-state index contributed by atoms with van der Waals surface area (Å²) in [5.74, 6) is 0. The van der Waals surface area contributed by atoms with E-state index in [1.54, 1.807) is 6.07 Å². The first-order valence-electron chi connectivity index (χ1n) is 10.1. The molecule has 1 aromatic carbocycles. The number of benzene rings is 1. The predicted molar refractivity (Wildman–Crippen MR) is 109 cm³/mol. The highest BCUT2D eigenvalue weighted by Crippen LogP contribution is 2.25. The van der Waals surface area contributed by atoms with Crippen LogP contribution < -0.4 is 4.72 Å². The molecule has 0 saturated carbocycles. The normalized spacial score (nSPS) is 19.3. The van der Waals surface area contributed by atoms with Crippen molar-refractivity contribution in [2.45, 2.75) is 36.6 Å². The summed E-state index contributed by atoms with van der Waals surface area (Å²) in [7, 11) is -1.55. The summed E-state index contributed by atoms with van der Waals surface area (Å²) in [6.45, 7) is 3.31. The molecule has 0 bridgehead atoms. The average Bonchev–Trinajstić information content (AvgIpc) is 3.14. The summed E-state index contributed by atoms with van der Waals surface area (Å²) in [6, 6.07) is 9.65. The molecule has 7 heteroatoms. The number of nitrogens with zero attached hydrogens (tertiary/aromatic N) is 2. The zero-order valence-electron chi connectivity index (χ0n) is 16.4. The van der Waals surface area contributed by atoms with Crippen molar-refractivity contribution in [1.29, 1.82) is 0 Å². The van der Waals surface area contributed by atoms with Crippen LogP contribution in [0.5, 0.6) is 0 Å². The molecule has 1 aliphatic heterocycles. The molecule has 1 aliphatic carbocycles. The van der Waals surface area contributed by atoms with Gasteiger partial charge in [0, 0.05) is 38.6 Å². The second kappa shape index (κ2) is 8.37. The van der Waals surface area contributed by atoms with E-state index in [0.29, 0.717) is 24.7 Å². The van der Waals surface area contributed by atoms with Crippen molar-refractivity contribution in [2.75, 3.05) is 32.8 Å². The third-order valence-electron chi connectivity index (χ3n) is 5.91. The Morgan fingerprint density at radius 2 is 1.86 bits per heavy atom. The Morgan fingerprint density at radius 1 is 1.11 bits per heavy atom. The van der Waals surface area contributed by atoms with E-state index in [0.717, 1.165) is 38.0 Å². The van der Waals surface area contributed by atoms with Crippen LogP contribution in [0.4, 0.5) is 0 Å². The van der Waals surface area contributed by atoms with Crippen molar-refractivity contribution in [1.82, 2.24) is 14.2 Å². The van der Waals surface area contributed by atoms with Crippen LogP contribution in [-0.2, 0) is 34.6 Å². The molecule has 1 fully saturated rings. The van der Waals surface area contributed by atoms with Crippen molar-refractivity contribution in [3.63, 3.8) is 0 Å². The number of aromatic nitrogens is 1. The monoisotopic (exact) mass is 403 g/mol. The second-order valence-corrected chi connectivity index (χ2v) is 9.46. The summed E-state index contributed by atoms with van der Waals surface area (Å²) in [6.07, 6.45) is 6.35. The standard InChI is InChI=1S/C21H29N3O3S/c1-23-10-4-7-20(23)21(24-11-13-27-14-12-24)16-22-28(25,26)19-9-8-17-5-2-3-6-18(17)15-19/h4,7-10,15,21-22H,2-3,5-6,11-14,16H2,1H3. The van der Waals surface area contributed by atoms with E-state index in [-0.39, 0.29) is 6.04 Å². The predicted octanol–water partition coefficient (Wildman–Crippen LogP) is 2.26. The summed E-state index contributed by atoms with van der Waals surface area (Å²) in [5.41, 5.74) is 3.58. The molecule has 6 nitrogen and oxygen atoms in total. The maximum Gasteiger partial charge on any atom is 0.240 e. The van der Waals surface area contributed by atoms with Gasteiger partial charge in [-0.25, -0.2) is 13.1 Å². The van der Waals surface area contributed by atoms with Crippen LogP contribution in [0.3, 0.4) is 0 Å². The Kier molecular flexibility index (Phi) is 5.87. The van der Waals surface area contributed by atoms with Gasteiger partial charge in [0.1, 0.15) is 0 Å². The van der Waals surface area contributed by atoms with Gasteiger partial charge in [-0.15, -0.1) is 0 Å². The maximum absolute atomic E-state index is 13.0. The Hall–Kier alpha value is -1.67. The van der Waals surface area contributed by atoms with Gasteiger partial charge in [0.25, 0.3) is 0 Å². The van der Waals surface area contributed by atoms with Gasteiger partial charge in [-0.3, -0.25) is 4.90 Å². The number of nitrogens with one attached hydrogen (secondary N) is 1. The maximum atomic E-state index is 13.0. The SMILES string of the molecule is Cn1cccc1C(CNS(=O)(=O)c1ccc2c(c1)CCCC2)N1CCOCC1. The molecule has 152 valence electrons. The van der Waals surface area contributed by atoms with Crippen LogP contribution in [0.15, 0.2) is 41.4 Å². The molecule has 2 aliphatic rings. The van der Waals surface area contributed by atoms with Crippen LogP contribution in [0.1, 0.15) is 35.7 Å². The van der Waals surface area contributed by atoms with Crippen molar-refractivity contribution in [3.8, 4) is 0 Å². The lowest BCUT2D eigenvalue weighted by Crippen LogP contribution is -2.44. The van der Waals surface area contributed by atoms with Crippen LogP contribution in [0.2, 0.25) is 0 Å². The average molecular weight is 404 g/mol. The number of morpholine rings is 1. The number of hydrogen-bond acceptors (Lipinski definition) is 4. The third kappa shape index (κ3) is 4.17. The molecule has 1 saturated heterocycles. The van der Waals surface area contributed by atoms with Gasteiger partial charge in [-0.1, -0.05) is 6.07 Å². The van der Waals surface area contributed by atoms with E-state index >= 15 is 0 Å². The molecule has 4 rings (SSSR count). The number of hydrogen-bond donors (Lipinski definition) is 1. The fraction of sp³-hybridized carbons (Fsp3) is 0.524. The Labute approximate surface area is 167 Å². The lowest BCUT2D eigenvalue weighted by atomic mass is 9.92. The number of aryl methyl sites for hydroxylation is 3. The summed E-state index contributed by atoms with van der Waals surface area (Å²) in [4.78, 5) is 2.68. The van der Waals surface area contributed by atoms with Gasteiger partial charge in [-0.05, 0) is 61.1 Å². The summed E-state index contributed by atoms with van der Waals surface area (Å²) < 4.78 is 36.4. The smallest absolute Gasteiger partial charge is 0.240 e. The van der Waals surface area contributed by atoms with Gasteiger partial charge in [0.05, 0.1) is 24.2 Å². The van der Waals surface area contributed by atoms with Gasteiger partial charge in [-0.2, -0.15) is 0 Å². The van der Waals surface area contributed by atoms with Crippen molar-refractivity contribution < 1.29 is 13.2 Å². The van der Waals surface area contributed by atoms with E-state index in [1.807, 2.05) is 31.4 Å². The molecule has 2 aromatic rings. The van der Waals surface area contributed by atoms with Gasteiger partial charge in [0.2, 0.25) is 10.0 Å². The van der Waals surface area contributed by atoms with E-state index in [9.17, 15) is 8.42 Å². The van der Waals surface area contributed by atoms with Crippen LogP contribution in [-0.4, -0.2) is 50.7 Å². The fourth-order valence-electron chi connectivity index (χ4n) is 4.28. The largest absolute Gasteiger partial charge is 0.379 e. The minimum atomic E-state index is -3.55. The minimum Gasteiger partial charge on any atom is -0.379 e. The molecular weight excluding hydrogens is 374 g/mol. The van der Waals surface area contributed by atoms with Crippen LogP contribution >= 0.6 is 0 Å². The Bertz CT molecular complexity index is 917. The first kappa shape index (κ1) is 19.6. The highest BCUT2D eigenvalue weighted by atomic mass is 32.2. The lowest BCUT2D eigenvalue weighted by Gasteiger charge is -2.35. The molecule has 0 spiro atoms. The first-order valence-corrected chi connectivity index (χ1v) is 11.6. The van der Waals surface area contributed by atoms with Gasteiger partial charge >= 0.3 is 0 Å². The zero-order valence-corrected chi connectivity index (χ0v) is 17.2. The van der Waals surface area contributed by atoms with Crippen molar-refractivity contribution >= 4 is 10.0 Å². The topological polar surface area (TPSA) is 63.6 Å². The molecular formula is C21H29N3O3S. The minimum absolute atomic E-state index is 0.0173. The van der Waals surface area contributed by atoms with Crippen molar-refractivity contribution in [3.05, 3.63) is 53.3 Å². The van der Waals surface area contributed by atoms with E-state index in [4.69, 9.17) is 4.74 Å². The van der Waals surface area contributed by atoms with Crippen LogP contribution in [0, 0.1) is 0 Å². The summed E-state index contributed by atoms with van der Waals surface area (Å²) in [5, 5.41) is 0. The molecule has 1 unspecified atom stereocenters. The van der Waals surface area contributed by atoms with E-state index in [1.165, 1.54) is 17.5 Å². The molecule has 2 heterocycles. The Morgan fingerprint density at radius 3 is 2.57 bits per heavy atom. The molecule has 1 N–H and O–H groups in total. The van der Waals surface area contributed by atoms with E-state index in [2.05, 4.69) is 20.3 Å². The highest BCUT2D eigenvalue weighted by molar-refractivity contribution is 7.89. The molecule has 0 radical (unpaired) electrons. The number of fused-ring (bicyclic) bond motifs is 1. The molecule has 1 atom stereocenters. The fourth-order valence-corrected chi connectivity index (χ4v) is 5.37. The molecule has 28 heavy (non-hydrogen) atoms. The number of rotatable bonds is 6. The van der Waals surface area contributed by atoms with E-state index < -0.39 is 10.0 Å². The van der Waals surface area contributed by atoms with Crippen molar-refractivity contribution in [2.24, 2.45) is 7.05 Å². The number of ether oxygens (including phenoxy) is 1. The summed E-state index contributed by atoms with van der Waals surface area (Å²) >= 11 is 0. The quantitative estimate of drug-likeness (QED) is 0.804. The lowest BCUT2D eigenvalue weighted by molar-refractivity contribution is 0.0158. The zero-order chi connectivity index (χ0) is 19.6. The van der Waals surface area contributed by atoms with Gasteiger partial charge in [0.15, 0.2) is 0 Å². The molecule has 0 amide bonds. The van der Waals surface area contributed by atoms with Crippen LogP contribution in [0.25, 0.3) is 0 Å². The number of sulfonamides is 1. The first-order chi connectivity index (χ1) is 13.5. The van der Waals surface area contributed by atoms with Gasteiger partial charge < -0.3 is 9.30 Å². The molecule has 1 aromatic heterocycles. The highest BCUT2D eigenvalue weighted by Gasteiger charge is 2.27. The third-order valence-corrected chi connectivity index (χ3v) is 7.33. The Balaban J connectivity index is 1.53. The second-order valence-electron chi connectivity index (χ2n) is 7.70.